The van der Waals surface area contributed by atoms with Crippen molar-refractivity contribution in [3.8, 4) is 5.69 Å². The Hall–Kier alpha value is -2.93. The van der Waals surface area contributed by atoms with Gasteiger partial charge in [-0.2, -0.15) is 5.10 Å². The summed E-state index contributed by atoms with van der Waals surface area (Å²) in [6.45, 7) is 1.80. The van der Waals surface area contributed by atoms with Crippen molar-refractivity contribution in [1.29, 1.82) is 0 Å². The number of rotatable bonds is 5. The second-order valence-electron chi connectivity index (χ2n) is 5.75. The molecule has 0 spiro atoms. The van der Waals surface area contributed by atoms with E-state index in [1.54, 1.807) is 35.9 Å². The molecule has 0 saturated carbocycles. The SMILES string of the molecule is Cc1c(C(=O)NC(C(N)=O)c2ccccc2)cnn1-c1ccc(Br)cc1. The van der Waals surface area contributed by atoms with Crippen LogP contribution in [0.5, 0.6) is 0 Å². The quantitative estimate of drug-likeness (QED) is 0.674. The second kappa shape index (κ2) is 7.53. The van der Waals surface area contributed by atoms with Crippen LogP contribution >= 0.6 is 15.9 Å². The van der Waals surface area contributed by atoms with Crippen LogP contribution in [0.25, 0.3) is 5.69 Å². The number of hydrogen-bond donors (Lipinski definition) is 2. The van der Waals surface area contributed by atoms with Gasteiger partial charge in [-0.1, -0.05) is 46.3 Å². The summed E-state index contributed by atoms with van der Waals surface area (Å²) < 4.78 is 2.62. The van der Waals surface area contributed by atoms with Gasteiger partial charge in [0, 0.05) is 4.47 Å². The number of carbonyl (C=O) groups is 2. The Labute approximate surface area is 159 Å². The van der Waals surface area contributed by atoms with Crippen LogP contribution in [0.3, 0.4) is 0 Å². The summed E-state index contributed by atoms with van der Waals surface area (Å²) >= 11 is 3.39. The molecule has 3 aromatic rings. The van der Waals surface area contributed by atoms with Gasteiger partial charge >= 0.3 is 0 Å². The number of aromatic nitrogens is 2. The number of halogens is 1. The first-order chi connectivity index (χ1) is 12.5. The highest BCUT2D eigenvalue weighted by Gasteiger charge is 2.23. The molecule has 3 N–H and O–H groups in total. The fraction of sp³-hybridized carbons (Fsp3) is 0.105. The molecule has 1 aromatic heterocycles. The number of amides is 2. The van der Waals surface area contributed by atoms with Gasteiger partial charge in [0.2, 0.25) is 5.91 Å². The molecule has 0 fully saturated rings. The van der Waals surface area contributed by atoms with Gasteiger partial charge in [0.05, 0.1) is 23.1 Å². The van der Waals surface area contributed by atoms with E-state index in [4.69, 9.17) is 5.73 Å². The van der Waals surface area contributed by atoms with Gasteiger partial charge < -0.3 is 11.1 Å². The second-order valence-corrected chi connectivity index (χ2v) is 6.67. The van der Waals surface area contributed by atoms with Crippen molar-refractivity contribution in [1.82, 2.24) is 15.1 Å². The van der Waals surface area contributed by atoms with E-state index in [9.17, 15) is 9.59 Å². The number of nitrogens with zero attached hydrogens (tertiary/aromatic N) is 2. The predicted molar refractivity (Wildman–Crippen MR) is 102 cm³/mol. The first-order valence-corrected chi connectivity index (χ1v) is 8.72. The summed E-state index contributed by atoms with van der Waals surface area (Å²) in [4.78, 5) is 24.5. The lowest BCUT2D eigenvalue weighted by Crippen LogP contribution is -2.37. The molecule has 0 aliphatic carbocycles. The normalized spacial score (nSPS) is 11.8. The molecule has 1 atom stereocenters. The van der Waals surface area contributed by atoms with Crippen LogP contribution in [0.1, 0.15) is 27.7 Å². The van der Waals surface area contributed by atoms with E-state index in [0.717, 1.165) is 10.2 Å². The number of carbonyl (C=O) groups excluding carboxylic acids is 2. The summed E-state index contributed by atoms with van der Waals surface area (Å²) in [5.41, 5.74) is 7.98. The molecule has 1 heterocycles. The third-order valence-corrected chi connectivity index (χ3v) is 4.55. The topological polar surface area (TPSA) is 90.0 Å². The largest absolute Gasteiger partial charge is 0.368 e. The van der Waals surface area contributed by atoms with Gasteiger partial charge in [0.15, 0.2) is 0 Å². The predicted octanol–water partition coefficient (Wildman–Crippen LogP) is 2.90. The molecule has 7 heteroatoms. The molecule has 2 aromatic carbocycles. The first kappa shape index (κ1) is 17.9. The Kier molecular flexibility index (Phi) is 5.18. The fourth-order valence-corrected chi connectivity index (χ4v) is 2.91. The zero-order chi connectivity index (χ0) is 18.7. The average molecular weight is 413 g/mol. The minimum atomic E-state index is -0.904. The molecular formula is C19H17BrN4O2. The van der Waals surface area contributed by atoms with Crippen molar-refractivity contribution in [2.45, 2.75) is 13.0 Å². The number of benzene rings is 2. The van der Waals surface area contributed by atoms with Crippen molar-refractivity contribution in [2.24, 2.45) is 5.73 Å². The molecule has 0 bridgehead atoms. The van der Waals surface area contributed by atoms with E-state index in [2.05, 4.69) is 26.3 Å². The monoisotopic (exact) mass is 412 g/mol. The maximum absolute atomic E-state index is 12.7. The Morgan fingerprint density at radius 2 is 1.77 bits per heavy atom. The highest BCUT2D eigenvalue weighted by Crippen LogP contribution is 2.18. The van der Waals surface area contributed by atoms with E-state index < -0.39 is 17.9 Å². The lowest BCUT2D eigenvalue weighted by atomic mass is 10.1. The van der Waals surface area contributed by atoms with Gasteiger partial charge in [-0.05, 0) is 36.8 Å². The molecule has 0 saturated heterocycles. The van der Waals surface area contributed by atoms with Crippen LogP contribution in [-0.2, 0) is 4.79 Å². The minimum absolute atomic E-state index is 0.384. The Bertz CT molecular complexity index is 936. The third kappa shape index (κ3) is 3.67. The first-order valence-electron chi connectivity index (χ1n) is 7.93. The number of primary amides is 1. The van der Waals surface area contributed by atoms with Crippen molar-refractivity contribution in [3.05, 3.63) is 82.1 Å². The number of hydrogen-bond acceptors (Lipinski definition) is 3. The number of nitrogens with one attached hydrogen (secondary N) is 1. The molecule has 3 rings (SSSR count). The van der Waals surface area contributed by atoms with E-state index >= 15 is 0 Å². The molecule has 6 nitrogen and oxygen atoms in total. The standard InChI is InChI=1S/C19H17BrN4O2/c1-12-16(11-22-24(12)15-9-7-14(20)8-10-15)19(26)23-17(18(21)25)13-5-3-2-4-6-13/h2-11,17H,1H3,(H2,21,25)(H,23,26). The minimum Gasteiger partial charge on any atom is -0.368 e. The van der Waals surface area contributed by atoms with Crippen molar-refractivity contribution in [3.63, 3.8) is 0 Å². The molecule has 0 aliphatic heterocycles. The van der Waals surface area contributed by atoms with E-state index in [1.165, 1.54) is 6.20 Å². The summed E-state index contributed by atoms with van der Waals surface area (Å²) in [6.07, 6.45) is 1.48. The van der Waals surface area contributed by atoms with Gasteiger partial charge in [0.25, 0.3) is 5.91 Å². The van der Waals surface area contributed by atoms with Crippen LogP contribution < -0.4 is 11.1 Å². The maximum Gasteiger partial charge on any atom is 0.255 e. The fourth-order valence-electron chi connectivity index (χ4n) is 2.65. The summed E-state index contributed by atoms with van der Waals surface area (Å²) in [7, 11) is 0. The highest BCUT2D eigenvalue weighted by atomic mass is 79.9. The molecule has 1 unspecified atom stereocenters. The molecule has 2 amide bonds. The molecule has 0 aliphatic rings. The summed E-state index contributed by atoms with van der Waals surface area (Å²) in [5, 5.41) is 6.98. The van der Waals surface area contributed by atoms with Crippen LogP contribution in [0.4, 0.5) is 0 Å². The van der Waals surface area contributed by atoms with Crippen LogP contribution in [0.15, 0.2) is 65.3 Å². The van der Waals surface area contributed by atoms with E-state index in [-0.39, 0.29) is 0 Å². The highest BCUT2D eigenvalue weighted by molar-refractivity contribution is 9.10. The van der Waals surface area contributed by atoms with Crippen LogP contribution in [0, 0.1) is 6.92 Å². The van der Waals surface area contributed by atoms with Gasteiger partial charge in [0.1, 0.15) is 6.04 Å². The summed E-state index contributed by atoms with van der Waals surface area (Å²) in [6, 6.07) is 15.6. The molecule has 132 valence electrons. The van der Waals surface area contributed by atoms with E-state index in [0.29, 0.717) is 16.8 Å². The third-order valence-electron chi connectivity index (χ3n) is 4.02. The molecule has 0 radical (unpaired) electrons. The average Bonchev–Trinajstić information content (AvgIpc) is 3.02. The lowest BCUT2D eigenvalue weighted by molar-refractivity contribution is -0.120. The zero-order valence-electron chi connectivity index (χ0n) is 14.0. The van der Waals surface area contributed by atoms with Crippen molar-refractivity contribution < 1.29 is 9.59 Å². The van der Waals surface area contributed by atoms with Crippen LogP contribution in [-0.4, -0.2) is 21.6 Å². The van der Waals surface area contributed by atoms with Gasteiger partial charge in [-0.25, -0.2) is 4.68 Å². The smallest absolute Gasteiger partial charge is 0.255 e. The lowest BCUT2D eigenvalue weighted by Gasteiger charge is -2.15. The van der Waals surface area contributed by atoms with E-state index in [1.807, 2.05) is 30.3 Å². The Morgan fingerprint density at radius 1 is 1.12 bits per heavy atom. The maximum atomic E-state index is 12.7. The zero-order valence-corrected chi connectivity index (χ0v) is 15.6. The van der Waals surface area contributed by atoms with Crippen molar-refractivity contribution in [2.75, 3.05) is 0 Å². The van der Waals surface area contributed by atoms with Gasteiger partial charge in [-0.15, -0.1) is 0 Å². The number of nitrogens with two attached hydrogens (primary N) is 1. The van der Waals surface area contributed by atoms with Gasteiger partial charge in [-0.3, -0.25) is 9.59 Å². The Balaban J connectivity index is 1.86. The van der Waals surface area contributed by atoms with Crippen LogP contribution in [0.2, 0.25) is 0 Å². The molecular weight excluding hydrogens is 396 g/mol. The Morgan fingerprint density at radius 3 is 2.38 bits per heavy atom. The van der Waals surface area contributed by atoms with Crippen molar-refractivity contribution >= 4 is 27.7 Å². The summed E-state index contributed by atoms with van der Waals surface area (Å²) in [5.74, 6) is -1.03. The molecule has 26 heavy (non-hydrogen) atoms.